The van der Waals surface area contributed by atoms with Crippen LogP contribution in [-0.2, 0) is 20.7 Å². The lowest BCUT2D eigenvalue weighted by Gasteiger charge is -2.17. The van der Waals surface area contributed by atoms with E-state index in [1.807, 2.05) is 61.5 Å². The number of nitrogens with one attached hydrogen (secondary N) is 1. The van der Waals surface area contributed by atoms with Crippen LogP contribution in [0.4, 0.5) is 0 Å². The van der Waals surface area contributed by atoms with Gasteiger partial charge in [0.15, 0.2) is 6.61 Å². The maximum atomic E-state index is 12.0. The fourth-order valence-corrected chi connectivity index (χ4v) is 2.73. The van der Waals surface area contributed by atoms with E-state index in [0.29, 0.717) is 6.42 Å². The van der Waals surface area contributed by atoms with Crippen molar-refractivity contribution in [3.8, 4) is 0 Å². The lowest BCUT2D eigenvalue weighted by Crippen LogP contribution is -2.32. The Morgan fingerprint density at radius 3 is 2.40 bits per heavy atom. The van der Waals surface area contributed by atoms with Crippen LogP contribution in [-0.4, -0.2) is 18.5 Å². The van der Waals surface area contributed by atoms with Crippen LogP contribution >= 0.6 is 15.9 Å². The number of hydrogen-bond donors (Lipinski definition) is 1. The fourth-order valence-electron chi connectivity index (χ4n) is 2.46. The monoisotopic (exact) mass is 403 g/mol. The average molecular weight is 404 g/mol. The highest BCUT2D eigenvalue weighted by Gasteiger charge is 2.14. The first-order valence-corrected chi connectivity index (χ1v) is 9.12. The summed E-state index contributed by atoms with van der Waals surface area (Å²) in [5.41, 5.74) is 2.10. The van der Waals surface area contributed by atoms with Crippen LogP contribution in [0.25, 0.3) is 0 Å². The number of rotatable bonds is 8. The van der Waals surface area contributed by atoms with Crippen molar-refractivity contribution in [2.45, 2.75) is 32.2 Å². The van der Waals surface area contributed by atoms with Crippen molar-refractivity contribution in [3.63, 3.8) is 0 Å². The smallest absolute Gasteiger partial charge is 0.306 e. The Hall–Kier alpha value is -2.14. The van der Waals surface area contributed by atoms with E-state index < -0.39 is 0 Å². The SMILES string of the molecule is CC[C@@H](NC(=O)COC(=O)CCc1ccccc1)c1ccc(Br)cc1. The first-order valence-electron chi connectivity index (χ1n) is 8.33. The number of aryl methyl sites for hydroxylation is 1. The third-order valence-corrected chi connectivity index (χ3v) is 4.37. The second-order valence-electron chi connectivity index (χ2n) is 5.73. The van der Waals surface area contributed by atoms with E-state index in [2.05, 4.69) is 21.2 Å². The van der Waals surface area contributed by atoms with Crippen molar-refractivity contribution in [3.05, 3.63) is 70.2 Å². The molecular weight excluding hydrogens is 382 g/mol. The van der Waals surface area contributed by atoms with Gasteiger partial charge in [-0.05, 0) is 36.1 Å². The molecule has 0 aliphatic rings. The zero-order chi connectivity index (χ0) is 18.1. The zero-order valence-electron chi connectivity index (χ0n) is 14.2. The molecule has 1 N–H and O–H groups in total. The molecule has 0 fully saturated rings. The minimum Gasteiger partial charge on any atom is -0.456 e. The number of hydrogen-bond acceptors (Lipinski definition) is 3. The lowest BCUT2D eigenvalue weighted by molar-refractivity contribution is -0.148. The van der Waals surface area contributed by atoms with E-state index >= 15 is 0 Å². The van der Waals surface area contributed by atoms with Gasteiger partial charge in [-0.15, -0.1) is 0 Å². The molecule has 0 saturated carbocycles. The highest BCUT2D eigenvalue weighted by Crippen LogP contribution is 2.19. The van der Waals surface area contributed by atoms with Gasteiger partial charge in [0.25, 0.3) is 5.91 Å². The van der Waals surface area contributed by atoms with Gasteiger partial charge in [-0.25, -0.2) is 0 Å². The van der Waals surface area contributed by atoms with Gasteiger partial charge in [0.2, 0.25) is 0 Å². The van der Waals surface area contributed by atoms with Gasteiger partial charge in [0, 0.05) is 10.9 Å². The third kappa shape index (κ3) is 6.70. The number of esters is 1. The van der Waals surface area contributed by atoms with Crippen molar-refractivity contribution < 1.29 is 14.3 Å². The van der Waals surface area contributed by atoms with Crippen molar-refractivity contribution >= 4 is 27.8 Å². The average Bonchev–Trinajstić information content (AvgIpc) is 2.64. The van der Waals surface area contributed by atoms with Crippen molar-refractivity contribution in [1.29, 1.82) is 0 Å². The summed E-state index contributed by atoms with van der Waals surface area (Å²) >= 11 is 3.39. The van der Waals surface area contributed by atoms with Crippen LogP contribution in [0.1, 0.15) is 36.9 Å². The Morgan fingerprint density at radius 1 is 1.08 bits per heavy atom. The molecule has 0 saturated heterocycles. The molecule has 2 aromatic rings. The van der Waals surface area contributed by atoms with Gasteiger partial charge in [0.05, 0.1) is 6.04 Å². The van der Waals surface area contributed by atoms with Crippen LogP contribution in [0.5, 0.6) is 0 Å². The summed E-state index contributed by atoms with van der Waals surface area (Å²) in [6.45, 7) is 1.75. The van der Waals surface area contributed by atoms with Gasteiger partial charge >= 0.3 is 5.97 Å². The molecule has 0 unspecified atom stereocenters. The molecule has 0 bridgehead atoms. The number of carbonyl (C=O) groups excluding carboxylic acids is 2. The van der Waals surface area contributed by atoms with Gasteiger partial charge in [-0.3, -0.25) is 9.59 Å². The summed E-state index contributed by atoms with van der Waals surface area (Å²) in [5.74, 6) is -0.654. The summed E-state index contributed by atoms with van der Waals surface area (Å²) in [4.78, 5) is 23.8. The van der Waals surface area contributed by atoms with Gasteiger partial charge in [-0.1, -0.05) is 65.3 Å². The molecule has 2 aromatic carbocycles. The van der Waals surface area contributed by atoms with Gasteiger partial charge in [0.1, 0.15) is 0 Å². The van der Waals surface area contributed by atoms with E-state index in [-0.39, 0.29) is 30.9 Å². The Balaban J connectivity index is 1.75. The van der Waals surface area contributed by atoms with Crippen LogP contribution < -0.4 is 5.32 Å². The van der Waals surface area contributed by atoms with Gasteiger partial charge in [-0.2, -0.15) is 0 Å². The summed E-state index contributed by atoms with van der Waals surface area (Å²) in [5, 5.41) is 2.90. The predicted octanol–water partition coefficient (Wildman–Crippen LogP) is 4.19. The first-order chi connectivity index (χ1) is 12.1. The van der Waals surface area contributed by atoms with E-state index in [4.69, 9.17) is 4.74 Å². The maximum absolute atomic E-state index is 12.0. The quantitative estimate of drug-likeness (QED) is 0.672. The largest absolute Gasteiger partial charge is 0.456 e. The molecule has 1 amide bonds. The Labute approximate surface area is 156 Å². The standard InChI is InChI=1S/C20H22BrNO3/c1-2-18(16-9-11-17(21)12-10-16)22-19(23)14-25-20(24)13-8-15-6-4-3-5-7-15/h3-7,9-12,18H,2,8,13-14H2,1H3,(H,22,23)/t18-/m1/s1. The molecule has 25 heavy (non-hydrogen) atoms. The lowest BCUT2D eigenvalue weighted by atomic mass is 10.0. The third-order valence-electron chi connectivity index (χ3n) is 3.84. The highest BCUT2D eigenvalue weighted by atomic mass is 79.9. The molecule has 0 aliphatic carbocycles. The number of ether oxygens (including phenoxy) is 1. The molecular formula is C20H22BrNO3. The van der Waals surface area contributed by atoms with Crippen molar-refractivity contribution in [1.82, 2.24) is 5.32 Å². The molecule has 1 atom stereocenters. The zero-order valence-corrected chi connectivity index (χ0v) is 15.8. The summed E-state index contributed by atoms with van der Waals surface area (Å²) in [6.07, 6.45) is 1.63. The molecule has 0 radical (unpaired) electrons. The molecule has 132 valence electrons. The van der Waals surface area contributed by atoms with Crippen LogP contribution in [0.15, 0.2) is 59.1 Å². The van der Waals surface area contributed by atoms with Crippen molar-refractivity contribution in [2.75, 3.05) is 6.61 Å². The Morgan fingerprint density at radius 2 is 1.76 bits per heavy atom. The minimum atomic E-state index is -0.365. The fraction of sp³-hybridized carbons (Fsp3) is 0.300. The Kier molecular flexibility index (Phi) is 7.67. The van der Waals surface area contributed by atoms with E-state index in [1.54, 1.807) is 0 Å². The predicted molar refractivity (Wildman–Crippen MR) is 101 cm³/mol. The number of carbonyl (C=O) groups is 2. The van der Waals surface area contributed by atoms with E-state index in [1.165, 1.54) is 0 Å². The second kappa shape index (κ2) is 9.99. The molecule has 0 aromatic heterocycles. The molecule has 4 nitrogen and oxygen atoms in total. The van der Waals surface area contributed by atoms with E-state index in [9.17, 15) is 9.59 Å². The normalized spacial score (nSPS) is 11.6. The molecule has 0 heterocycles. The highest BCUT2D eigenvalue weighted by molar-refractivity contribution is 9.10. The first kappa shape index (κ1) is 19.2. The molecule has 5 heteroatoms. The van der Waals surface area contributed by atoms with Crippen molar-refractivity contribution in [2.24, 2.45) is 0 Å². The topological polar surface area (TPSA) is 55.4 Å². The van der Waals surface area contributed by atoms with Crippen LogP contribution in [0.2, 0.25) is 0 Å². The van der Waals surface area contributed by atoms with Crippen LogP contribution in [0.3, 0.4) is 0 Å². The molecule has 0 spiro atoms. The number of amides is 1. The Bertz CT molecular complexity index is 686. The second-order valence-corrected chi connectivity index (χ2v) is 6.64. The van der Waals surface area contributed by atoms with Crippen LogP contribution in [0, 0.1) is 0 Å². The molecule has 2 rings (SSSR count). The number of halogens is 1. The number of benzene rings is 2. The summed E-state index contributed by atoms with van der Waals surface area (Å²) in [6, 6.07) is 17.4. The van der Waals surface area contributed by atoms with E-state index in [0.717, 1.165) is 22.0 Å². The maximum Gasteiger partial charge on any atom is 0.306 e. The minimum absolute atomic E-state index is 0.0939. The summed E-state index contributed by atoms with van der Waals surface area (Å²) in [7, 11) is 0. The van der Waals surface area contributed by atoms with Gasteiger partial charge < -0.3 is 10.1 Å². The molecule has 0 aliphatic heterocycles. The summed E-state index contributed by atoms with van der Waals surface area (Å²) < 4.78 is 6.06.